The molecule has 0 spiro atoms. The van der Waals surface area contributed by atoms with Gasteiger partial charge in [0.2, 0.25) is 4.96 Å². The Labute approximate surface area is 178 Å². The molecule has 1 N–H and O–H groups in total. The van der Waals surface area contributed by atoms with Crippen LogP contribution >= 0.6 is 11.3 Å². The van der Waals surface area contributed by atoms with Crippen molar-refractivity contribution in [2.75, 3.05) is 5.32 Å². The molecule has 0 aliphatic carbocycles. The van der Waals surface area contributed by atoms with Crippen molar-refractivity contribution < 1.29 is 9.53 Å². The molecule has 2 aromatic heterocycles. The van der Waals surface area contributed by atoms with Gasteiger partial charge >= 0.3 is 0 Å². The van der Waals surface area contributed by atoms with Gasteiger partial charge in [0.15, 0.2) is 5.82 Å². The third-order valence-corrected chi connectivity index (χ3v) is 5.31. The van der Waals surface area contributed by atoms with Crippen LogP contribution in [0, 0.1) is 0 Å². The third-order valence-electron chi connectivity index (χ3n) is 4.36. The number of rotatable bonds is 7. The summed E-state index contributed by atoms with van der Waals surface area (Å²) < 4.78 is 7.48. The summed E-state index contributed by atoms with van der Waals surface area (Å²) in [6.45, 7) is 6.01. The van der Waals surface area contributed by atoms with E-state index in [0.29, 0.717) is 17.0 Å². The molecule has 0 atom stereocenters. The normalized spacial score (nSPS) is 11.2. The average Bonchev–Trinajstić information content (AvgIpc) is 3.30. The van der Waals surface area contributed by atoms with Crippen molar-refractivity contribution in [3.8, 4) is 16.3 Å². The Morgan fingerprint density at radius 2 is 2.00 bits per heavy atom. The van der Waals surface area contributed by atoms with Gasteiger partial charge in [-0.25, -0.2) is 0 Å². The topological polar surface area (TPSA) is 81.4 Å². The molecule has 0 fully saturated rings. The Kier molecular flexibility index (Phi) is 5.76. The maximum atomic E-state index is 12.7. The van der Waals surface area contributed by atoms with Gasteiger partial charge in [-0.3, -0.25) is 4.79 Å². The average molecular weight is 422 g/mol. The van der Waals surface area contributed by atoms with Crippen molar-refractivity contribution in [3.05, 3.63) is 59.9 Å². The zero-order chi connectivity index (χ0) is 21.1. The lowest BCUT2D eigenvalue weighted by atomic mass is 10.1. The van der Waals surface area contributed by atoms with Gasteiger partial charge in [0.05, 0.1) is 6.10 Å². The zero-order valence-electron chi connectivity index (χ0n) is 17.1. The summed E-state index contributed by atoms with van der Waals surface area (Å²) >= 11 is 1.48. The minimum absolute atomic E-state index is 0.0485. The van der Waals surface area contributed by atoms with E-state index in [1.54, 1.807) is 16.6 Å². The molecule has 0 saturated heterocycles. The summed E-state index contributed by atoms with van der Waals surface area (Å²) in [5, 5.41) is 16.8. The number of nitrogens with zero attached hydrogens (tertiary/aromatic N) is 4. The predicted octanol–water partition coefficient (Wildman–Crippen LogP) is 4.84. The van der Waals surface area contributed by atoms with Crippen molar-refractivity contribution >= 4 is 27.9 Å². The Morgan fingerprint density at radius 3 is 2.80 bits per heavy atom. The van der Waals surface area contributed by atoms with Gasteiger partial charge in [0, 0.05) is 23.2 Å². The molecule has 8 heteroatoms. The molecule has 7 nitrogen and oxygen atoms in total. The minimum Gasteiger partial charge on any atom is -0.491 e. The number of fused-ring (bicyclic) bond motifs is 1. The minimum atomic E-state index is -0.190. The highest BCUT2D eigenvalue weighted by Crippen LogP contribution is 2.28. The van der Waals surface area contributed by atoms with Crippen LogP contribution in [-0.4, -0.2) is 31.8 Å². The molecule has 0 aliphatic rings. The molecule has 0 radical (unpaired) electrons. The second-order valence-corrected chi connectivity index (χ2v) is 8.15. The van der Waals surface area contributed by atoms with E-state index in [-0.39, 0.29) is 12.0 Å². The van der Waals surface area contributed by atoms with Gasteiger partial charge in [-0.05, 0) is 50.6 Å². The highest BCUT2D eigenvalue weighted by molar-refractivity contribution is 7.19. The summed E-state index contributed by atoms with van der Waals surface area (Å²) in [7, 11) is 0. The fourth-order valence-corrected chi connectivity index (χ4v) is 3.92. The van der Waals surface area contributed by atoms with Gasteiger partial charge in [0.25, 0.3) is 5.91 Å². The van der Waals surface area contributed by atoms with E-state index in [9.17, 15) is 4.79 Å². The Balaban J connectivity index is 1.54. The first-order valence-corrected chi connectivity index (χ1v) is 10.7. The van der Waals surface area contributed by atoms with E-state index < -0.39 is 0 Å². The monoisotopic (exact) mass is 421 g/mol. The van der Waals surface area contributed by atoms with Gasteiger partial charge in [-0.2, -0.15) is 9.61 Å². The highest BCUT2D eigenvalue weighted by Gasteiger charge is 2.14. The number of anilines is 1. The molecule has 2 aromatic carbocycles. The SMILES string of the molecule is CCCc1nnc2sc(-c3cccc(NC(=O)c4cccc(OC(C)C)c4)c3)nn12. The van der Waals surface area contributed by atoms with E-state index in [0.717, 1.165) is 34.2 Å². The van der Waals surface area contributed by atoms with Crippen molar-refractivity contribution in [1.29, 1.82) is 0 Å². The number of aryl methyl sites for hydroxylation is 1. The molecular formula is C22H23N5O2S. The summed E-state index contributed by atoms with van der Waals surface area (Å²) in [5.74, 6) is 1.35. The predicted molar refractivity (Wildman–Crippen MR) is 118 cm³/mol. The summed E-state index contributed by atoms with van der Waals surface area (Å²) in [6, 6.07) is 14.8. The number of hydrogen-bond acceptors (Lipinski definition) is 6. The molecule has 0 unspecified atom stereocenters. The van der Waals surface area contributed by atoms with Gasteiger partial charge in [-0.15, -0.1) is 10.2 Å². The molecule has 1 amide bonds. The Bertz CT molecular complexity index is 1180. The summed E-state index contributed by atoms with van der Waals surface area (Å²) in [5.41, 5.74) is 2.16. The fourth-order valence-electron chi connectivity index (χ4n) is 3.07. The quantitative estimate of drug-likeness (QED) is 0.462. The maximum absolute atomic E-state index is 12.7. The molecule has 2 heterocycles. The molecule has 0 bridgehead atoms. The number of benzene rings is 2. The Hall–Kier alpha value is -3.26. The first-order valence-electron chi connectivity index (χ1n) is 9.93. The lowest BCUT2D eigenvalue weighted by Gasteiger charge is -2.11. The number of aromatic nitrogens is 4. The van der Waals surface area contributed by atoms with Gasteiger partial charge in [0.1, 0.15) is 10.8 Å². The van der Waals surface area contributed by atoms with Crippen LogP contribution < -0.4 is 10.1 Å². The number of amides is 1. The van der Waals surface area contributed by atoms with E-state index in [2.05, 4.69) is 27.5 Å². The molecule has 0 aliphatic heterocycles. The number of carbonyl (C=O) groups excluding carboxylic acids is 1. The third kappa shape index (κ3) is 4.33. The smallest absolute Gasteiger partial charge is 0.255 e. The number of ether oxygens (including phenoxy) is 1. The van der Waals surface area contributed by atoms with Crippen molar-refractivity contribution in [2.45, 2.75) is 39.7 Å². The molecule has 4 aromatic rings. The van der Waals surface area contributed by atoms with E-state index in [1.807, 2.05) is 50.2 Å². The highest BCUT2D eigenvalue weighted by atomic mass is 32.1. The van der Waals surface area contributed by atoms with Crippen molar-refractivity contribution in [2.24, 2.45) is 0 Å². The number of hydrogen-bond donors (Lipinski definition) is 1. The second-order valence-electron chi connectivity index (χ2n) is 7.20. The van der Waals surface area contributed by atoms with Crippen LogP contribution in [0.25, 0.3) is 15.5 Å². The van der Waals surface area contributed by atoms with Crippen LogP contribution in [0.15, 0.2) is 48.5 Å². The standard InChI is InChI=1S/C22H23N5O2S/c1-4-7-19-24-25-22-27(19)26-21(30-22)16-9-5-10-17(12-16)23-20(28)15-8-6-11-18(13-15)29-14(2)3/h5-6,8-14H,4,7H2,1-3H3,(H,23,28). The van der Waals surface area contributed by atoms with Crippen LogP contribution in [-0.2, 0) is 6.42 Å². The van der Waals surface area contributed by atoms with Crippen LogP contribution in [0.5, 0.6) is 5.75 Å². The van der Waals surface area contributed by atoms with E-state index >= 15 is 0 Å². The van der Waals surface area contributed by atoms with Crippen LogP contribution in [0.2, 0.25) is 0 Å². The molecule has 0 saturated carbocycles. The zero-order valence-corrected chi connectivity index (χ0v) is 17.9. The first kappa shape index (κ1) is 20.0. The molecule has 154 valence electrons. The lowest BCUT2D eigenvalue weighted by molar-refractivity contribution is 0.102. The number of nitrogens with one attached hydrogen (secondary N) is 1. The van der Waals surface area contributed by atoms with Crippen molar-refractivity contribution in [1.82, 2.24) is 19.8 Å². The maximum Gasteiger partial charge on any atom is 0.255 e. The van der Waals surface area contributed by atoms with Gasteiger partial charge < -0.3 is 10.1 Å². The van der Waals surface area contributed by atoms with E-state index in [4.69, 9.17) is 4.74 Å². The van der Waals surface area contributed by atoms with Crippen molar-refractivity contribution in [3.63, 3.8) is 0 Å². The van der Waals surface area contributed by atoms with E-state index in [1.165, 1.54) is 11.3 Å². The Morgan fingerprint density at radius 1 is 1.17 bits per heavy atom. The fraction of sp³-hybridized carbons (Fsp3) is 0.273. The van der Waals surface area contributed by atoms with Crippen LogP contribution in [0.3, 0.4) is 0 Å². The number of carbonyl (C=O) groups is 1. The van der Waals surface area contributed by atoms with Crippen LogP contribution in [0.1, 0.15) is 43.4 Å². The summed E-state index contributed by atoms with van der Waals surface area (Å²) in [4.78, 5) is 13.5. The van der Waals surface area contributed by atoms with Gasteiger partial charge in [-0.1, -0.05) is 36.5 Å². The largest absolute Gasteiger partial charge is 0.491 e. The van der Waals surface area contributed by atoms with Crippen LogP contribution in [0.4, 0.5) is 5.69 Å². The summed E-state index contributed by atoms with van der Waals surface area (Å²) in [6.07, 6.45) is 1.87. The lowest BCUT2D eigenvalue weighted by Crippen LogP contribution is -2.12. The first-order chi connectivity index (χ1) is 14.5. The molecular weight excluding hydrogens is 398 g/mol. The molecule has 30 heavy (non-hydrogen) atoms. The molecule has 4 rings (SSSR count). The second kappa shape index (κ2) is 8.62.